The molecule has 0 spiro atoms. The van der Waals surface area contributed by atoms with Gasteiger partial charge in [-0.2, -0.15) is 0 Å². The molecule has 0 radical (unpaired) electrons. The van der Waals surface area contributed by atoms with E-state index in [0.29, 0.717) is 17.0 Å². The fraction of sp³-hybridized carbons (Fsp3) is 0.250. The number of hydrogen-bond donors (Lipinski definition) is 0. The highest BCUT2D eigenvalue weighted by Crippen LogP contribution is 2.27. The largest absolute Gasteiger partial charge is 0.271 e. The Labute approximate surface area is 113 Å². The number of fused-ring (bicyclic) bond motifs is 1. The number of carbonyl (C=O) groups excluding carboxylic acids is 2. The minimum Gasteiger partial charge on any atom is -0.271 e. The maximum absolute atomic E-state index is 12.1. The number of benzene rings is 1. The summed E-state index contributed by atoms with van der Waals surface area (Å²) in [5, 5.41) is 0. The first-order valence-electron chi connectivity index (χ1n) is 5.52. The van der Waals surface area contributed by atoms with Crippen LogP contribution < -0.4 is 0 Å². The van der Waals surface area contributed by atoms with Crippen molar-refractivity contribution in [3.8, 4) is 0 Å². The molecule has 2 aliphatic rings. The molecule has 0 aliphatic carbocycles. The van der Waals surface area contributed by atoms with Crippen LogP contribution in [0.15, 0.2) is 29.3 Å². The highest BCUT2D eigenvalue weighted by molar-refractivity contribution is 8.39. The molecule has 0 saturated carbocycles. The molecule has 0 fully saturated rings. The van der Waals surface area contributed by atoms with E-state index in [4.69, 9.17) is 0 Å². The van der Waals surface area contributed by atoms with Crippen LogP contribution in [0.25, 0.3) is 0 Å². The van der Waals surface area contributed by atoms with Gasteiger partial charge in [0.15, 0.2) is 0 Å². The van der Waals surface area contributed by atoms with Crippen LogP contribution in [0, 0.1) is 0 Å². The van der Waals surface area contributed by atoms with E-state index in [1.54, 1.807) is 36.0 Å². The lowest BCUT2D eigenvalue weighted by Crippen LogP contribution is -2.29. The van der Waals surface area contributed by atoms with Gasteiger partial charge >= 0.3 is 0 Å². The molecule has 0 atom stereocenters. The molecular formula is C12H10N2O2S2. The Morgan fingerprint density at radius 2 is 1.89 bits per heavy atom. The third kappa shape index (κ3) is 1.95. The van der Waals surface area contributed by atoms with Gasteiger partial charge in [-0.1, -0.05) is 35.7 Å². The number of imide groups is 1. The van der Waals surface area contributed by atoms with E-state index in [9.17, 15) is 9.59 Å². The maximum atomic E-state index is 12.1. The Balaban J connectivity index is 1.75. The average Bonchev–Trinajstić information content (AvgIpc) is 2.98. The van der Waals surface area contributed by atoms with Crippen molar-refractivity contribution >= 4 is 39.7 Å². The molecule has 1 aromatic rings. The molecule has 0 saturated heterocycles. The number of amides is 2. The van der Waals surface area contributed by atoms with Gasteiger partial charge in [0, 0.05) is 5.75 Å². The van der Waals surface area contributed by atoms with E-state index in [2.05, 4.69) is 4.99 Å². The molecule has 0 aromatic heterocycles. The molecule has 18 heavy (non-hydrogen) atoms. The van der Waals surface area contributed by atoms with Gasteiger partial charge in [-0.15, -0.1) is 0 Å². The third-order valence-corrected chi connectivity index (χ3v) is 4.99. The molecule has 6 heteroatoms. The monoisotopic (exact) mass is 278 g/mol. The summed E-state index contributed by atoms with van der Waals surface area (Å²) in [7, 11) is 0. The summed E-state index contributed by atoms with van der Waals surface area (Å²) in [6, 6.07) is 6.94. The molecule has 0 unspecified atom stereocenters. The normalized spacial score (nSPS) is 18.2. The van der Waals surface area contributed by atoms with Crippen LogP contribution in [0.1, 0.15) is 20.7 Å². The van der Waals surface area contributed by atoms with E-state index >= 15 is 0 Å². The van der Waals surface area contributed by atoms with Crippen molar-refractivity contribution < 1.29 is 9.59 Å². The Morgan fingerprint density at radius 3 is 2.44 bits per heavy atom. The molecular weight excluding hydrogens is 268 g/mol. The van der Waals surface area contributed by atoms with Crippen molar-refractivity contribution in [1.82, 2.24) is 4.90 Å². The molecule has 3 rings (SSSR count). The van der Waals surface area contributed by atoms with Crippen molar-refractivity contribution in [2.24, 2.45) is 4.99 Å². The second kappa shape index (κ2) is 4.78. The zero-order valence-electron chi connectivity index (χ0n) is 9.46. The van der Waals surface area contributed by atoms with Crippen molar-refractivity contribution in [2.75, 3.05) is 18.2 Å². The van der Waals surface area contributed by atoms with E-state index in [1.165, 1.54) is 16.7 Å². The highest BCUT2D eigenvalue weighted by Gasteiger charge is 2.35. The van der Waals surface area contributed by atoms with Crippen molar-refractivity contribution in [2.45, 2.75) is 0 Å². The smallest absolute Gasteiger partial charge is 0.262 e. The maximum Gasteiger partial charge on any atom is 0.262 e. The minimum absolute atomic E-state index is 0.202. The molecule has 0 bridgehead atoms. The lowest BCUT2D eigenvalue weighted by atomic mass is 10.1. The topological polar surface area (TPSA) is 49.7 Å². The Kier molecular flexibility index (Phi) is 3.13. The van der Waals surface area contributed by atoms with E-state index in [0.717, 1.165) is 16.7 Å². The molecule has 4 nitrogen and oxygen atoms in total. The van der Waals surface area contributed by atoms with Crippen LogP contribution in [0.4, 0.5) is 0 Å². The zero-order chi connectivity index (χ0) is 12.5. The highest BCUT2D eigenvalue weighted by atomic mass is 32.2. The second-order valence-electron chi connectivity index (χ2n) is 3.85. The van der Waals surface area contributed by atoms with Gasteiger partial charge in [0.25, 0.3) is 11.8 Å². The standard InChI is InChI=1S/C12H10N2O2S2/c15-10-8-3-1-2-4-9(8)11(16)14(10)7-18-12-13-5-6-17-12/h1-4H,5-7H2. The molecule has 92 valence electrons. The predicted molar refractivity (Wildman–Crippen MR) is 74.2 cm³/mol. The molecule has 1 aromatic carbocycles. The van der Waals surface area contributed by atoms with Gasteiger partial charge in [0.2, 0.25) is 0 Å². The van der Waals surface area contributed by atoms with Gasteiger partial charge in [-0.25, -0.2) is 0 Å². The Morgan fingerprint density at radius 1 is 1.22 bits per heavy atom. The van der Waals surface area contributed by atoms with Crippen LogP contribution in [0.3, 0.4) is 0 Å². The second-order valence-corrected chi connectivity index (χ2v) is 6.13. The summed E-state index contributed by atoms with van der Waals surface area (Å²) in [5.41, 5.74) is 1.01. The Hall–Kier alpha value is -1.27. The summed E-state index contributed by atoms with van der Waals surface area (Å²) < 4.78 is 0.964. The summed E-state index contributed by atoms with van der Waals surface area (Å²) in [5.74, 6) is 0.932. The van der Waals surface area contributed by atoms with Gasteiger partial charge in [-0.05, 0) is 12.1 Å². The number of aliphatic imine (C=N–C) groups is 1. The van der Waals surface area contributed by atoms with Gasteiger partial charge < -0.3 is 0 Å². The van der Waals surface area contributed by atoms with E-state index in [-0.39, 0.29) is 11.8 Å². The molecule has 2 amide bonds. The van der Waals surface area contributed by atoms with E-state index < -0.39 is 0 Å². The lowest BCUT2D eigenvalue weighted by Gasteiger charge is -2.12. The average molecular weight is 278 g/mol. The first-order chi connectivity index (χ1) is 8.77. The first-order valence-corrected chi connectivity index (χ1v) is 7.50. The Bertz CT molecular complexity index is 522. The molecule has 2 heterocycles. The zero-order valence-corrected chi connectivity index (χ0v) is 11.1. The summed E-state index contributed by atoms with van der Waals surface area (Å²) in [6.07, 6.45) is 0. The van der Waals surface area contributed by atoms with Crippen molar-refractivity contribution in [1.29, 1.82) is 0 Å². The van der Waals surface area contributed by atoms with Gasteiger partial charge in [-0.3, -0.25) is 19.5 Å². The van der Waals surface area contributed by atoms with Crippen LogP contribution in [0.2, 0.25) is 0 Å². The van der Waals surface area contributed by atoms with Crippen molar-refractivity contribution in [3.05, 3.63) is 35.4 Å². The summed E-state index contributed by atoms with van der Waals surface area (Å²) >= 11 is 3.13. The number of hydrogen-bond acceptors (Lipinski definition) is 5. The summed E-state index contributed by atoms with van der Waals surface area (Å²) in [4.78, 5) is 29.7. The summed E-state index contributed by atoms with van der Waals surface area (Å²) in [6.45, 7) is 0.828. The predicted octanol–water partition coefficient (Wildman–Crippen LogP) is 2.08. The number of nitrogens with zero attached hydrogens (tertiary/aromatic N) is 2. The fourth-order valence-corrected chi connectivity index (χ4v) is 3.82. The lowest BCUT2D eigenvalue weighted by molar-refractivity contribution is 0.0684. The van der Waals surface area contributed by atoms with Crippen molar-refractivity contribution in [3.63, 3.8) is 0 Å². The van der Waals surface area contributed by atoms with E-state index in [1.807, 2.05) is 0 Å². The quantitative estimate of drug-likeness (QED) is 0.777. The number of carbonyl (C=O) groups is 2. The molecule has 2 aliphatic heterocycles. The van der Waals surface area contributed by atoms with Gasteiger partial charge in [0.1, 0.15) is 4.38 Å². The first kappa shape index (κ1) is 11.8. The van der Waals surface area contributed by atoms with Crippen LogP contribution in [-0.4, -0.2) is 39.3 Å². The number of thioether (sulfide) groups is 2. The van der Waals surface area contributed by atoms with Crippen LogP contribution in [0.5, 0.6) is 0 Å². The third-order valence-electron chi connectivity index (χ3n) is 2.75. The SMILES string of the molecule is O=C1c2ccccc2C(=O)N1CSC1=NCCS1. The van der Waals surface area contributed by atoms with Crippen LogP contribution >= 0.6 is 23.5 Å². The molecule has 0 N–H and O–H groups in total. The van der Waals surface area contributed by atoms with Gasteiger partial charge in [0.05, 0.1) is 23.5 Å². The number of rotatable bonds is 2. The van der Waals surface area contributed by atoms with Crippen LogP contribution in [-0.2, 0) is 0 Å². The minimum atomic E-state index is -0.202. The fourth-order valence-electron chi connectivity index (χ4n) is 1.88.